The molecule has 3 aromatic carbocycles. The van der Waals surface area contributed by atoms with E-state index in [0.29, 0.717) is 5.92 Å². The number of hydrogen-bond donors (Lipinski definition) is 0. The number of nitrogens with zero attached hydrogens (tertiary/aromatic N) is 3. The Balaban J connectivity index is 1.39. The van der Waals surface area contributed by atoms with Crippen LogP contribution in [0.2, 0.25) is 0 Å². The van der Waals surface area contributed by atoms with Gasteiger partial charge in [-0.05, 0) is 88.3 Å². The average Bonchev–Trinajstić information content (AvgIpc) is 3.10. The van der Waals surface area contributed by atoms with E-state index >= 15 is 0 Å². The van der Waals surface area contributed by atoms with E-state index in [9.17, 15) is 5.26 Å². The van der Waals surface area contributed by atoms with E-state index in [4.69, 9.17) is 6.57 Å². The lowest BCUT2D eigenvalue weighted by atomic mass is 9.62. The van der Waals surface area contributed by atoms with Crippen LogP contribution in [-0.4, -0.2) is 0 Å². The van der Waals surface area contributed by atoms with Gasteiger partial charge in [0.2, 0.25) is 0 Å². The van der Waals surface area contributed by atoms with Gasteiger partial charge in [-0.3, -0.25) is 0 Å². The molecular weight excluding hydrogens is 462 g/mol. The van der Waals surface area contributed by atoms with Crippen molar-refractivity contribution in [2.45, 2.75) is 33.1 Å². The molecule has 0 radical (unpaired) electrons. The van der Waals surface area contributed by atoms with Gasteiger partial charge < -0.3 is 4.90 Å². The molecule has 0 amide bonds. The first-order valence-corrected chi connectivity index (χ1v) is 13.2. The molecule has 0 spiro atoms. The van der Waals surface area contributed by atoms with Gasteiger partial charge >= 0.3 is 0 Å². The summed E-state index contributed by atoms with van der Waals surface area (Å²) in [6.45, 7) is 12.0. The smallest absolute Gasteiger partial charge is 0.265 e. The summed E-state index contributed by atoms with van der Waals surface area (Å²) in [7, 11) is 0. The van der Waals surface area contributed by atoms with Gasteiger partial charge in [-0.25, -0.2) is 10.1 Å². The highest BCUT2D eigenvalue weighted by atomic mass is 15.1. The Morgan fingerprint density at radius 2 is 1.55 bits per heavy atom. The topological polar surface area (TPSA) is 31.4 Å². The molecule has 3 nitrogen and oxygen atoms in total. The van der Waals surface area contributed by atoms with E-state index in [1.54, 1.807) is 0 Å². The van der Waals surface area contributed by atoms with Crippen molar-refractivity contribution in [2.24, 2.45) is 11.3 Å². The molecule has 1 aliphatic heterocycles. The zero-order valence-corrected chi connectivity index (χ0v) is 21.8. The van der Waals surface area contributed by atoms with Gasteiger partial charge in [0.05, 0.1) is 24.0 Å². The largest absolute Gasteiger partial charge is 0.309 e. The van der Waals surface area contributed by atoms with Crippen LogP contribution in [-0.2, 0) is 0 Å². The van der Waals surface area contributed by atoms with Crippen molar-refractivity contribution in [3.8, 4) is 6.07 Å². The van der Waals surface area contributed by atoms with Crippen LogP contribution in [0.25, 0.3) is 22.6 Å². The molecule has 3 aromatic rings. The minimum absolute atomic E-state index is 0.0275. The quantitative estimate of drug-likeness (QED) is 0.206. The summed E-state index contributed by atoms with van der Waals surface area (Å²) in [6.07, 6.45) is 11.7. The molecule has 1 heterocycles. The van der Waals surface area contributed by atoms with E-state index in [1.807, 2.05) is 0 Å². The minimum atomic E-state index is 0.0275. The fraction of sp³-hybridized carbons (Fsp3) is 0.200. The Bertz CT molecular complexity index is 1570. The molecule has 38 heavy (non-hydrogen) atoms. The van der Waals surface area contributed by atoms with Crippen LogP contribution in [0, 0.1) is 29.2 Å². The van der Waals surface area contributed by atoms with Gasteiger partial charge in [0, 0.05) is 5.69 Å². The van der Waals surface area contributed by atoms with E-state index in [-0.39, 0.29) is 11.1 Å². The zero-order chi connectivity index (χ0) is 26.3. The van der Waals surface area contributed by atoms with Crippen LogP contribution in [0.1, 0.15) is 49.8 Å². The van der Waals surface area contributed by atoms with Gasteiger partial charge in [-0.15, -0.1) is 0 Å². The first-order valence-electron chi connectivity index (χ1n) is 13.2. The van der Waals surface area contributed by atoms with Gasteiger partial charge in [-0.2, -0.15) is 0 Å². The molecule has 0 aromatic heterocycles. The van der Waals surface area contributed by atoms with Gasteiger partial charge in [-0.1, -0.05) is 86.7 Å². The number of rotatable bonds is 2. The summed E-state index contributed by atoms with van der Waals surface area (Å²) < 4.78 is 0. The molecule has 0 bridgehead atoms. The summed E-state index contributed by atoms with van der Waals surface area (Å²) in [5.74, 6) is 0.442. The van der Waals surface area contributed by atoms with Gasteiger partial charge in [0.1, 0.15) is 0 Å². The predicted octanol–water partition coefficient (Wildman–Crippen LogP) is 9.49. The first kappa shape index (κ1) is 23.8. The Morgan fingerprint density at radius 1 is 0.921 bits per heavy atom. The number of anilines is 3. The van der Waals surface area contributed by atoms with E-state index in [0.717, 1.165) is 30.5 Å². The van der Waals surface area contributed by atoms with Crippen LogP contribution in [0.3, 0.4) is 0 Å². The molecular formula is C35H29N3. The maximum absolute atomic E-state index is 9.47. The summed E-state index contributed by atoms with van der Waals surface area (Å²) in [6, 6.07) is 28.1. The van der Waals surface area contributed by atoms with Crippen LogP contribution in [0.5, 0.6) is 0 Å². The zero-order valence-electron chi connectivity index (χ0n) is 21.8. The monoisotopic (exact) mass is 491 g/mol. The van der Waals surface area contributed by atoms with Crippen molar-refractivity contribution >= 4 is 34.8 Å². The third-order valence-electron chi connectivity index (χ3n) is 8.19. The van der Waals surface area contributed by atoms with Crippen molar-refractivity contribution < 1.29 is 0 Å². The SMILES string of the molecule is [C-]#[N+]C(C#N)=C1C=C2C=C(c3ccc(N4c5ccccc5C=Cc5ccccc54)cc3)CCC2C(C)(C)C1. The highest BCUT2D eigenvalue weighted by molar-refractivity contribution is 5.93. The third-order valence-corrected chi connectivity index (χ3v) is 8.19. The average molecular weight is 492 g/mol. The lowest BCUT2D eigenvalue weighted by molar-refractivity contribution is 0.227. The molecule has 6 rings (SSSR count). The third kappa shape index (κ3) is 4.07. The molecule has 0 saturated heterocycles. The fourth-order valence-corrected chi connectivity index (χ4v) is 6.32. The van der Waals surface area contributed by atoms with Crippen LogP contribution in [0.15, 0.2) is 102 Å². The van der Waals surface area contributed by atoms with Crippen molar-refractivity contribution in [3.63, 3.8) is 0 Å². The van der Waals surface area contributed by atoms with Crippen LogP contribution in [0.4, 0.5) is 17.1 Å². The Kier molecular flexibility index (Phi) is 5.86. The number of fused-ring (bicyclic) bond motifs is 3. The van der Waals surface area contributed by atoms with Crippen molar-refractivity contribution in [1.82, 2.24) is 0 Å². The van der Waals surface area contributed by atoms with Gasteiger partial charge in [0.25, 0.3) is 5.70 Å². The standard InChI is InChI=1S/C35H29N3/c1-35(2)22-29(32(23-36)37-3)21-28-20-27(16-19-31(28)35)24-14-17-30(18-15-24)38-33-10-6-4-8-25(33)12-13-26-9-5-7-11-34(26)38/h4-15,17-18,20-21,31H,16,19,22H2,1-2H3. The normalized spacial score (nSPS) is 20.4. The van der Waals surface area contributed by atoms with Gasteiger partial charge in [0.15, 0.2) is 0 Å². The van der Waals surface area contributed by atoms with Crippen molar-refractivity contribution in [1.29, 1.82) is 5.26 Å². The summed E-state index contributed by atoms with van der Waals surface area (Å²) in [5, 5.41) is 9.47. The first-order chi connectivity index (χ1) is 18.5. The van der Waals surface area contributed by atoms with E-state index in [2.05, 4.69) is 127 Å². The lowest BCUT2D eigenvalue weighted by Gasteiger charge is -2.42. The van der Waals surface area contributed by atoms with Crippen molar-refractivity contribution in [3.05, 3.63) is 130 Å². The van der Waals surface area contributed by atoms with E-state index < -0.39 is 0 Å². The second kappa shape index (κ2) is 9.37. The Hall–Kier alpha value is -4.60. The highest BCUT2D eigenvalue weighted by Gasteiger charge is 2.38. The maximum atomic E-state index is 9.47. The molecule has 2 aliphatic carbocycles. The molecule has 0 fully saturated rings. The molecule has 184 valence electrons. The summed E-state index contributed by atoms with van der Waals surface area (Å²) in [5.41, 5.74) is 10.8. The highest BCUT2D eigenvalue weighted by Crippen LogP contribution is 2.50. The Morgan fingerprint density at radius 3 is 2.16 bits per heavy atom. The maximum Gasteiger partial charge on any atom is 0.265 e. The summed E-state index contributed by atoms with van der Waals surface area (Å²) >= 11 is 0. The number of para-hydroxylation sites is 2. The minimum Gasteiger partial charge on any atom is -0.309 e. The van der Waals surface area contributed by atoms with Crippen LogP contribution < -0.4 is 4.90 Å². The second-order valence-corrected chi connectivity index (χ2v) is 11.0. The lowest BCUT2D eigenvalue weighted by Crippen LogP contribution is -2.31. The predicted molar refractivity (Wildman–Crippen MR) is 156 cm³/mol. The number of allylic oxidation sites excluding steroid dienone is 6. The number of nitriles is 1. The molecule has 0 saturated carbocycles. The fourth-order valence-electron chi connectivity index (χ4n) is 6.32. The molecule has 3 aliphatic rings. The summed E-state index contributed by atoms with van der Waals surface area (Å²) in [4.78, 5) is 5.84. The second-order valence-electron chi connectivity index (χ2n) is 11.0. The Labute approximate surface area is 225 Å². The molecule has 3 heteroatoms. The molecule has 1 unspecified atom stereocenters. The van der Waals surface area contributed by atoms with Crippen LogP contribution >= 0.6 is 0 Å². The number of hydrogen-bond acceptors (Lipinski definition) is 2. The van der Waals surface area contributed by atoms with Crippen molar-refractivity contribution in [2.75, 3.05) is 4.90 Å². The van der Waals surface area contributed by atoms with E-state index in [1.165, 1.54) is 39.2 Å². The number of benzene rings is 3. The molecule has 1 atom stereocenters. The molecule has 0 N–H and O–H groups in total.